The van der Waals surface area contributed by atoms with Crippen molar-refractivity contribution in [2.45, 2.75) is 6.61 Å². The van der Waals surface area contributed by atoms with Gasteiger partial charge in [-0.3, -0.25) is 0 Å². The lowest BCUT2D eigenvalue weighted by molar-refractivity contribution is 0.0462. The van der Waals surface area contributed by atoms with Crippen molar-refractivity contribution in [2.75, 3.05) is 12.8 Å². The maximum atomic E-state index is 12.0. The van der Waals surface area contributed by atoms with Crippen LogP contribution in [-0.4, -0.2) is 28.0 Å². The summed E-state index contributed by atoms with van der Waals surface area (Å²) in [4.78, 5) is 24.1. The van der Waals surface area contributed by atoms with Crippen LogP contribution in [0.15, 0.2) is 42.0 Å². The van der Waals surface area contributed by atoms with Crippen LogP contribution in [0, 0.1) is 0 Å². The average molecular weight is 342 g/mol. The van der Waals surface area contributed by atoms with Crippen LogP contribution in [0.4, 0.5) is 5.82 Å². The minimum atomic E-state index is -0.632. The van der Waals surface area contributed by atoms with Crippen LogP contribution >= 0.6 is 11.3 Å². The number of anilines is 1. The molecule has 122 valence electrons. The summed E-state index contributed by atoms with van der Waals surface area (Å²) < 4.78 is 10.5. The van der Waals surface area contributed by atoms with E-state index in [-0.39, 0.29) is 18.1 Å². The van der Waals surface area contributed by atoms with Crippen LogP contribution in [0.2, 0.25) is 0 Å². The number of hydrogen-bond donors (Lipinski definition) is 1. The number of carbonyl (C=O) groups excluding carboxylic acids is 1. The number of ether oxygens (including phenoxy) is 2. The van der Waals surface area contributed by atoms with Crippen molar-refractivity contribution in [2.24, 2.45) is 0 Å². The number of rotatable bonds is 5. The van der Waals surface area contributed by atoms with E-state index in [1.54, 1.807) is 7.11 Å². The van der Waals surface area contributed by atoms with E-state index in [0.29, 0.717) is 5.69 Å². The molecule has 0 aliphatic rings. The largest absolute Gasteiger partial charge is 0.496 e. The zero-order chi connectivity index (χ0) is 16.9. The minimum absolute atomic E-state index is 0.00215. The zero-order valence-corrected chi connectivity index (χ0v) is 13.6. The molecule has 8 heteroatoms. The van der Waals surface area contributed by atoms with Crippen molar-refractivity contribution in [3.8, 4) is 16.3 Å². The molecule has 2 aromatic heterocycles. The summed E-state index contributed by atoms with van der Waals surface area (Å²) in [5, 5.41) is 2.62. The summed E-state index contributed by atoms with van der Waals surface area (Å²) >= 11 is 1.45. The zero-order valence-electron chi connectivity index (χ0n) is 12.8. The van der Waals surface area contributed by atoms with Gasteiger partial charge in [0.1, 0.15) is 17.4 Å². The van der Waals surface area contributed by atoms with Crippen molar-refractivity contribution >= 4 is 23.1 Å². The van der Waals surface area contributed by atoms with Gasteiger partial charge >= 0.3 is 5.97 Å². The number of nitrogens with zero attached hydrogens (tertiary/aromatic N) is 3. The topological polar surface area (TPSA) is 100 Å². The minimum Gasteiger partial charge on any atom is -0.496 e. The second-order valence-corrected chi connectivity index (χ2v) is 5.57. The van der Waals surface area contributed by atoms with Gasteiger partial charge in [0.05, 0.1) is 18.4 Å². The van der Waals surface area contributed by atoms with E-state index in [1.165, 1.54) is 23.7 Å². The molecule has 0 aliphatic carbocycles. The Morgan fingerprint density at radius 1 is 1.25 bits per heavy atom. The number of methoxy groups -OCH3 is 1. The van der Waals surface area contributed by atoms with Crippen LogP contribution in [-0.2, 0) is 11.3 Å². The molecule has 0 atom stereocenters. The highest BCUT2D eigenvalue weighted by molar-refractivity contribution is 7.13. The van der Waals surface area contributed by atoms with Gasteiger partial charge in [-0.15, -0.1) is 11.3 Å². The molecule has 2 heterocycles. The quantitative estimate of drug-likeness (QED) is 0.711. The van der Waals surface area contributed by atoms with Crippen LogP contribution in [0.3, 0.4) is 0 Å². The molecule has 0 radical (unpaired) electrons. The third kappa shape index (κ3) is 3.33. The molecule has 0 saturated heterocycles. The van der Waals surface area contributed by atoms with Gasteiger partial charge in [-0.1, -0.05) is 12.1 Å². The Morgan fingerprint density at radius 2 is 2.04 bits per heavy atom. The van der Waals surface area contributed by atoms with Crippen molar-refractivity contribution in [1.82, 2.24) is 15.0 Å². The monoisotopic (exact) mass is 342 g/mol. The van der Waals surface area contributed by atoms with Crippen LogP contribution < -0.4 is 10.5 Å². The lowest BCUT2D eigenvalue weighted by Crippen LogP contribution is -2.11. The van der Waals surface area contributed by atoms with E-state index in [0.717, 1.165) is 16.3 Å². The lowest BCUT2D eigenvalue weighted by Gasteiger charge is -2.05. The molecule has 0 fully saturated rings. The van der Waals surface area contributed by atoms with E-state index in [1.807, 2.05) is 29.6 Å². The second kappa shape index (κ2) is 7.05. The third-order valence-corrected chi connectivity index (χ3v) is 4.08. The van der Waals surface area contributed by atoms with E-state index < -0.39 is 5.97 Å². The first-order valence-corrected chi connectivity index (χ1v) is 7.88. The number of benzene rings is 1. The molecule has 0 saturated carbocycles. The summed E-state index contributed by atoms with van der Waals surface area (Å²) in [6, 6.07) is 7.60. The van der Waals surface area contributed by atoms with Gasteiger partial charge in [-0.2, -0.15) is 0 Å². The van der Waals surface area contributed by atoms with Crippen LogP contribution in [0.25, 0.3) is 10.6 Å². The Bertz CT molecular complexity index is 866. The highest BCUT2D eigenvalue weighted by Gasteiger charge is 2.15. The molecule has 0 amide bonds. The number of carbonyl (C=O) groups is 1. The molecule has 3 rings (SSSR count). The van der Waals surface area contributed by atoms with Gasteiger partial charge in [0.25, 0.3) is 0 Å². The summed E-state index contributed by atoms with van der Waals surface area (Å²) in [5.41, 5.74) is 7.12. The summed E-state index contributed by atoms with van der Waals surface area (Å²) in [7, 11) is 1.61. The Morgan fingerprint density at radius 3 is 2.83 bits per heavy atom. The van der Waals surface area contributed by atoms with Gasteiger partial charge in [0.2, 0.25) is 0 Å². The molecule has 3 aromatic rings. The van der Waals surface area contributed by atoms with Gasteiger partial charge < -0.3 is 15.2 Å². The maximum Gasteiger partial charge on any atom is 0.361 e. The van der Waals surface area contributed by atoms with E-state index in [9.17, 15) is 4.79 Å². The average Bonchev–Trinajstić information content (AvgIpc) is 3.09. The molecule has 0 bridgehead atoms. The number of hydrogen-bond acceptors (Lipinski definition) is 8. The normalized spacial score (nSPS) is 10.4. The number of aromatic nitrogens is 3. The molecule has 0 unspecified atom stereocenters. The van der Waals surface area contributed by atoms with E-state index in [4.69, 9.17) is 15.2 Å². The Balaban J connectivity index is 1.71. The molecule has 0 aliphatic heterocycles. The van der Waals surface area contributed by atoms with Crippen molar-refractivity contribution < 1.29 is 14.3 Å². The van der Waals surface area contributed by atoms with Gasteiger partial charge in [0.15, 0.2) is 11.5 Å². The van der Waals surface area contributed by atoms with Gasteiger partial charge in [-0.25, -0.2) is 19.7 Å². The van der Waals surface area contributed by atoms with Crippen molar-refractivity contribution in [1.29, 1.82) is 0 Å². The molecule has 1 aromatic carbocycles. The lowest BCUT2D eigenvalue weighted by atomic mass is 10.2. The van der Waals surface area contributed by atoms with Gasteiger partial charge in [0, 0.05) is 17.8 Å². The first-order valence-electron chi connectivity index (χ1n) is 7.00. The molecule has 7 nitrogen and oxygen atoms in total. The fourth-order valence-corrected chi connectivity index (χ4v) is 2.87. The van der Waals surface area contributed by atoms with Gasteiger partial charge in [-0.05, 0) is 12.1 Å². The van der Waals surface area contributed by atoms with Crippen molar-refractivity contribution in [3.05, 3.63) is 53.4 Å². The van der Waals surface area contributed by atoms with Crippen molar-refractivity contribution in [3.63, 3.8) is 0 Å². The van der Waals surface area contributed by atoms with E-state index >= 15 is 0 Å². The number of para-hydroxylation sites is 1. The number of nitrogen functional groups attached to an aromatic ring is 1. The summed E-state index contributed by atoms with van der Waals surface area (Å²) in [6.45, 7) is 0.0283. The number of thiazole rings is 1. The Labute approximate surface area is 142 Å². The molecular formula is C16H14N4O3S. The molecule has 2 N–H and O–H groups in total. The Kier molecular flexibility index (Phi) is 4.66. The predicted octanol–water partition coefficient (Wildman–Crippen LogP) is 2.55. The number of esters is 1. The second-order valence-electron chi connectivity index (χ2n) is 4.71. The summed E-state index contributed by atoms with van der Waals surface area (Å²) in [5.74, 6) is 0.144. The molecule has 24 heavy (non-hydrogen) atoms. The standard InChI is InChI=1S/C16H14N4O3S/c1-22-12-5-3-2-4-11(12)15-20-10(9-24-15)8-23-16(21)13-14(17)19-7-6-18-13/h2-7,9H,8H2,1H3,(H2,17,19). The third-order valence-electron chi connectivity index (χ3n) is 3.16. The van der Waals surface area contributed by atoms with Crippen LogP contribution in [0.1, 0.15) is 16.2 Å². The first-order chi connectivity index (χ1) is 11.7. The highest BCUT2D eigenvalue weighted by atomic mass is 32.1. The smallest absolute Gasteiger partial charge is 0.361 e. The SMILES string of the molecule is COc1ccccc1-c1nc(COC(=O)c2nccnc2N)cs1. The fraction of sp³-hybridized carbons (Fsp3) is 0.125. The van der Waals surface area contributed by atoms with Crippen LogP contribution in [0.5, 0.6) is 5.75 Å². The Hall–Kier alpha value is -3.00. The molecular weight excluding hydrogens is 328 g/mol. The highest BCUT2D eigenvalue weighted by Crippen LogP contribution is 2.32. The predicted molar refractivity (Wildman–Crippen MR) is 89.7 cm³/mol. The first kappa shape index (κ1) is 15.9. The fourth-order valence-electron chi connectivity index (χ4n) is 2.03. The maximum absolute atomic E-state index is 12.0. The van der Waals surface area contributed by atoms with E-state index in [2.05, 4.69) is 15.0 Å². The molecule has 0 spiro atoms. The summed E-state index contributed by atoms with van der Waals surface area (Å²) in [6.07, 6.45) is 2.79. The number of nitrogens with two attached hydrogens (primary N) is 1.